The van der Waals surface area contributed by atoms with E-state index in [9.17, 15) is 31.5 Å². The minimum absolute atomic E-state index is 0.0341. The van der Waals surface area contributed by atoms with Crippen molar-refractivity contribution in [1.29, 1.82) is 0 Å². The maximum absolute atomic E-state index is 13.1. The number of ether oxygens (including phenoxy) is 3. The molecule has 152 valence electrons. The van der Waals surface area contributed by atoms with E-state index in [2.05, 4.69) is 15.4 Å². The summed E-state index contributed by atoms with van der Waals surface area (Å²) in [5.74, 6) is -5.91. The molecule has 0 saturated carbocycles. The smallest absolute Gasteiger partial charge is 0.455 e. The average molecular weight is 408 g/mol. The molecule has 2 N–H and O–H groups in total. The van der Waals surface area contributed by atoms with Crippen molar-refractivity contribution in [3.63, 3.8) is 0 Å². The fourth-order valence-electron chi connectivity index (χ4n) is 2.62. The van der Waals surface area contributed by atoms with Gasteiger partial charge in [-0.15, -0.1) is 0 Å². The van der Waals surface area contributed by atoms with Crippen LogP contribution in [0.5, 0.6) is 11.5 Å². The Kier molecular flexibility index (Phi) is 4.81. The predicted molar refractivity (Wildman–Crippen MR) is 81.6 cm³/mol. The highest BCUT2D eigenvalue weighted by Crippen LogP contribution is 2.38. The van der Waals surface area contributed by atoms with Crippen LogP contribution in [0.3, 0.4) is 0 Å². The second-order valence-electron chi connectivity index (χ2n) is 5.96. The number of nitrogens with one attached hydrogen (secondary N) is 2. The van der Waals surface area contributed by atoms with Crippen LogP contribution >= 0.6 is 0 Å². The lowest BCUT2D eigenvalue weighted by Crippen LogP contribution is -2.46. The summed E-state index contributed by atoms with van der Waals surface area (Å²) in [5.41, 5.74) is -0.0591. The highest BCUT2D eigenvalue weighted by molar-refractivity contribution is 5.95. The molecule has 3 rings (SSSR count). The number of allylic oxidation sites excluding steroid dienone is 1. The number of alkyl halides is 5. The van der Waals surface area contributed by atoms with E-state index in [-0.39, 0.29) is 18.1 Å². The normalized spacial score (nSPS) is 19.2. The van der Waals surface area contributed by atoms with Gasteiger partial charge in [0.25, 0.3) is 0 Å². The van der Waals surface area contributed by atoms with Gasteiger partial charge in [0.2, 0.25) is 6.79 Å². The zero-order valence-electron chi connectivity index (χ0n) is 14.2. The molecule has 12 heteroatoms. The van der Waals surface area contributed by atoms with Gasteiger partial charge in [0.1, 0.15) is 0 Å². The number of urea groups is 1. The third-order valence-electron chi connectivity index (χ3n) is 4.02. The number of rotatable bonds is 4. The van der Waals surface area contributed by atoms with Crippen LogP contribution in [0.4, 0.5) is 26.7 Å². The maximum atomic E-state index is 13.1. The number of halogens is 5. The first-order valence-corrected chi connectivity index (χ1v) is 7.79. The summed E-state index contributed by atoms with van der Waals surface area (Å²) in [6, 6.07) is 2.58. The van der Waals surface area contributed by atoms with Gasteiger partial charge in [0.05, 0.1) is 11.6 Å². The second kappa shape index (κ2) is 6.84. The molecule has 28 heavy (non-hydrogen) atoms. The van der Waals surface area contributed by atoms with Crippen LogP contribution in [-0.2, 0) is 9.53 Å². The van der Waals surface area contributed by atoms with Gasteiger partial charge in [-0.1, -0.05) is 6.07 Å². The third-order valence-corrected chi connectivity index (χ3v) is 4.02. The Labute approximate surface area is 154 Å². The summed E-state index contributed by atoms with van der Waals surface area (Å²) in [6.07, 6.45) is -5.87. The first-order chi connectivity index (χ1) is 13.0. The van der Waals surface area contributed by atoms with Gasteiger partial charge in [0, 0.05) is 5.70 Å². The fraction of sp³-hybridized carbons (Fsp3) is 0.375. The molecule has 0 unspecified atom stereocenters. The van der Waals surface area contributed by atoms with E-state index in [1.54, 1.807) is 0 Å². The number of carbonyl (C=O) groups excluding carboxylic acids is 2. The Hall–Kier alpha value is -3.05. The molecule has 0 aromatic heterocycles. The molecule has 2 aliphatic rings. The highest BCUT2D eigenvalue weighted by Gasteiger charge is 2.58. The molecule has 2 amide bonds. The van der Waals surface area contributed by atoms with Crippen molar-refractivity contribution in [1.82, 2.24) is 10.6 Å². The molecule has 0 saturated heterocycles. The van der Waals surface area contributed by atoms with Gasteiger partial charge < -0.3 is 24.8 Å². The van der Waals surface area contributed by atoms with Crippen LogP contribution in [-0.4, -0.2) is 37.5 Å². The van der Waals surface area contributed by atoms with Crippen LogP contribution < -0.4 is 20.1 Å². The van der Waals surface area contributed by atoms with Crippen LogP contribution in [0, 0.1) is 0 Å². The quantitative estimate of drug-likeness (QED) is 0.591. The Balaban J connectivity index is 1.87. The molecular weight excluding hydrogens is 395 g/mol. The average Bonchev–Trinajstić information content (AvgIpc) is 3.05. The van der Waals surface area contributed by atoms with Crippen LogP contribution in [0.25, 0.3) is 0 Å². The van der Waals surface area contributed by atoms with Crippen LogP contribution in [0.1, 0.15) is 18.5 Å². The SMILES string of the molecule is CC1=C(C(=O)OCC(F)(F)C(F)(F)F)[C@H](c2ccc3c(c2)OCO3)NC(=O)N1. The van der Waals surface area contributed by atoms with E-state index in [1.807, 2.05) is 0 Å². The molecule has 0 fully saturated rings. The van der Waals surface area contributed by atoms with Crippen LogP contribution in [0.2, 0.25) is 0 Å². The van der Waals surface area contributed by atoms with Crippen LogP contribution in [0.15, 0.2) is 29.5 Å². The molecule has 1 aromatic carbocycles. The lowest BCUT2D eigenvalue weighted by Gasteiger charge is -2.28. The molecule has 0 spiro atoms. The molecule has 2 aliphatic heterocycles. The fourth-order valence-corrected chi connectivity index (χ4v) is 2.62. The molecule has 1 atom stereocenters. The summed E-state index contributed by atoms with van der Waals surface area (Å²) in [6.45, 7) is -0.932. The van der Waals surface area contributed by atoms with Gasteiger partial charge in [0.15, 0.2) is 18.1 Å². The van der Waals surface area contributed by atoms with Crippen molar-refractivity contribution in [2.45, 2.75) is 25.1 Å². The standard InChI is InChI=1S/C16H13F5N2O5/c1-7-11(13(24)26-5-15(17,18)16(19,20)21)12(23-14(25)22-7)8-2-3-9-10(4-8)28-6-27-9/h2-4,12H,5-6H2,1H3,(H2,22,23,25)/t12-/m0/s1. The van der Waals surface area contributed by atoms with Crippen molar-refractivity contribution in [2.24, 2.45) is 0 Å². The second-order valence-corrected chi connectivity index (χ2v) is 5.96. The third kappa shape index (κ3) is 3.66. The lowest BCUT2D eigenvalue weighted by atomic mass is 9.95. The van der Waals surface area contributed by atoms with Crippen molar-refractivity contribution < 1.29 is 45.8 Å². The van der Waals surface area contributed by atoms with Gasteiger partial charge in [-0.25, -0.2) is 9.59 Å². The van der Waals surface area contributed by atoms with E-state index in [0.29, 0.717) is 17.1 Å². The predicted octanol–water partition coefficient (Wildman–Crippen LogP) is 2.78. The first-order valence-electron chi connectivity index (χ1n) is 7.79. The monoisotopic (exact) mass is 408 g/mol. The first kappa shape index (κ1) is 19.7. The summed E-state index contributed by atoms with van der Waals surface area (Å²) < 4.78 is 77.5. The summed E-state index contributed by atoms with van der Waals surface area (Å²) in [5, 5.41) is 4.65. The molecular formula is C16H13F5N2O5. The van der Waals surface area contributed by atoms with Gasteiger partial charge in [-0.2, -0.15) is 22.0 Å². The zero-order chi connectivity index (χ0) is 20.7. The molecule has 0 radical (unpaired) electrons. The van der Waals surface area contributed by atoms with Gasteiger partial charge in [-0.3, -0.25) is 0 Å². The van der Waals surface area contributed by atoms with Crippen molar-refractivity contribution >= 4 is 12.0 Å². The number of benzene rings is 1. The van der Waals surface area contributed by atoms with Crippen molar-refractivity contribution in [2.75, 3.05) is 13.4 Å². The Morgan fingerprint density at radius 2 is 1.89 bits per heavy atom. The Morgan fingerprint density at radius 1 is 1.21 bits per heavy atom. The topological polar surface area (TPSA) is 85.9 Å². The van der Waals surface area contributed by atoms with Gasteiger partial charge in [-0.05, 0) is 24.6 Å². The van der Waals surface area contributed by atoms with Gasteiger partial charge >= 0.3 is 24.1 Å². The number of hydrogen-bond acceptors (Lipinski definition) is 5. The number of amides is 2. The molecule has 1 aromatic rings. The van der Waals surface area contributed by atoms with E-state index in [0.717, 1.165) is 0 Å². The van der Waals surface area contributed by atoms with Crippen molar-refractivity contribution in [3.8, 4) is 11.5 Å². The number of hydrogen-bond donors (Lipinski definition) is 2. The maximum Gasteiger partial charge on any atom is 0.456 e. The molecule has 0 bridgehead atoms. The largest absolute Gasteiger partial charge is 0.456 e. The zero-order valence-corrected chi connectivity index (χ0v) is 14.2. The molecule has 2 heterocycles. The Bertz CT molecular complexity index is 852. The van der Waals surface area contributed by atoms with E-state index in [1.165, 1.54) is 25.1 Å². The van der Waals surface area contributed by atoms with E-state index < -0.39 is 36.7 Å². The van der Waals surface area contributed by atoms with E-state index in [4.69, 9.17) is 9.47 Å². The number of carbonyl (C=O) groups is 2. The number of fused-ring (bicyclic) bond motifs is 1. The highest BCUT2D eigenvalue weighted by atomic mass is 19.4. The minimum atomic E-state index is -5.87. The Morgan fingerprint density at radius 3 is 2.57 bits per heavy atom. The molecule has 0 aliphatic carbocycles. The summed E-state index contributed by atoms with van der Waals surface area (Å²) in [7, 11) is 0. The molecule has 7 nitrogen and oxygen atoms in total. The lowest BCUT2D eigenvalue weighted by molar-refractivity contribution is -0.293. The van der Waals surface area contributed by atoms with Crippen molar-refractivity contribution in [3.05, 3.63) is 35.0 Å². The van der Waals surface area contributed by atoms with E-state index >= 15 is 0 Å². The summed E-state index contributed by atoms with van der Waals surface area (Å²) >= 11 is 0. The minimum Gasteiger partial charge on any atom is -0.455 e. The number of esters is 1. The summed E-state index contributed by atoms with van der Waals surface area (Å²) in [4.78, 5) is 24.1.